The number of aryl methyl sites for hydroxylation is 3. The van der Waals surface area contributed by atoms with Gasteiger partial charge in [0.2, 0.25) is 0 Å². The van der Waals surface area contributed by atoms with Crippen LogP contribution in [0.25, 0.3) is 0 Å². The van der Waals surface area contributed by atoms with Crippen molar-refractivity contribution < 1.29 is 0 Å². The Balaban J connectivity index is 2.48. The van der Waals surface area contributed by atoms with Crippen molar-refractivity contribution in [1.82, 2.24) is 14.5 Å². The summed E-state index contributed by atoms with van der Waals surface area (Å²) in [5.74, 6) is 0. The molecule has 0 aromatic carbocycles. The minimum absolute atomic E-state index is 0.252. The number of hydrogen-bond acceptors (Lipinski definition) is 4. The van der Waals surface area contributed by atoms with Crippen molar-refractivity contribution in [2.75, 3.05) is 5.73 Å². The second-order valence-electron chi connectivity index (χ2n) is 4.83. The number of anilines is 1. The Hall–Kier alpha value is -2.17. The van der Waals surface area contributed by atoms with Crippen LogP contribution >= 0.6 is 0 Å². The summed E-state index contributed by atoms with van der Waals surface area (Å²) < 4.78 is 1.61. The van der Waals surface area contributed by atoms with Crippen molar-refractivity contribution in [1.29, 1.82) is 0 Å². The molecule has 0 aliphatic heterocycles. The Morgan fingerprint density at radius 1 is 1.26 bits per heavy atom. The van der Waals surface area contributed by atoms with E-state index in [1.165, 1.54) is 0 Å². The van der Waals surface area contributed by atoms with E-state index >= 15 is 0 Å². The quantitative estimate of drug-likeness (QED) is 0.886. The summed E-state index contributed by atoms with van der Waals surface area (Å²) in [5, 5.41) is 0. The van der Waals surface area contributed by atoms with Crippen LogP contribution in [-0.4, -0.2) is 14.5 Å². The zero-order valence-corrected chi connectivity index (χ0v) is 11.7. The van der Waals surface area contributed by atoms with E-state index in [0.717, 1.165) is 33.9 Å². The molecular formula is C14H18N4O. The number of aromatic nitrogens is 3. The highest BCUT2D eigenvalue weighted by Gasteiger charge is 2.10. The van der Waals surface area contributed by atoms with E-state index in [-0.39, 0.29) is 5.69 Å². The minimum atomic E-state index is -0.252. The Morgan fingerprint density at radius 3 is 2.58 bits per heavy atom. The highest BCUT2D eigenvalue weighted by Crippen LogP contribution is 2.18. The van der Waals surface area contributed by atoms with Gasteiger partial charge in [0.1, 0.15) is 0 Å². The van der Waals surface area contributed by atoms with Crippen molar-refractivity contribution in [3.05, 3.63) is 51.0 Å². The highest BCUT2D eigenvalue weighted by atomic mass is 16.1. The first-order valence-corrected chi connectivity index (χ1v) is 6.15. The molecule has 2 heterocycles. The maximum absolute atomic E-state index is 11.9. The third-order valence-electron chi connectivity index (χ3n) is 3.33. The van der Waals surface area contributed by atoms with E-state index in [4.69, 9.17) is 5.73 Å². The van der Waals surface area contributed by atoms with E-state index in [0.29, 0.717) is 6.54 Å². The summed E-state index contributed by atoms with van der Waals surface area (Å²) in [7, 11) is 0. The second-order valence-corrected chi connectivity index (χ2v) is 4.83. The van der Waals surface area contributed by atoms with E-state index in [1.54, 1.807) is 10.8 Å². The van der Waals surface area contributed by atoms with Crippen LogP contribution in [0.15, 0.2) is 17.1 Å². The zero-order chi connectivity index (χ0) is 14.2. The Bertz CT molecular complexity index is 689. The summed E-state index contributed by atoms with van der Waals surface area (Å²) >= 11 is 0. The van der Waals surface area contributed by atoms with Gasteiger partial charge in [-0.05, 0) is 44.9 Å². The molecule has 0 fully saturated rings. The maximum Gasteiger partial charge on any atom is 0.348 e. The predicted octanol–water partition coefficient (Wildman–Crippen LogP) is 1.50. The fourth-order valence-corrected chi connectivity index (χ4v) is 2.07. The lowest BCUT2D eigenvalue weighted by Gasteiger charge is -2.13. The van der Waals surface area contributed by atoms with E-state index in [1.807, 2.05) is 33.8 Å². The number of hydrogen-bond donors (Lipinski definition) is 1. The molecule has 0 aliphatic carbocycles. The summed E-state index contributed by atoms with van der Waals surface area (Å²) in [6.45, 7) is 7.94. The van der Waals surface area contributed by atoms with Gasteiger partial charge >= 0.3 is 5.69 Å². The number of rotatable bonds is 2. The topological polar surface area (TPSA) is 73.8 Å². The maximum atomic E-state index is 11.9. The molecule has 2 aromatic heterocycles. The molecule has 2 N–H and O–H groups in total. The van der Waals surface area contributed by atoms with Gasteiger partial charge in [-0.25, -0.2) is 4.79 Å². The van der Waals surface area contributed by atoms with Crippen molar-refractivity contribution in [3.63, 3.8) is 0 Å². The Labute approximate surface area is 112 Å². The summed E-state index contributed by atoms with van der Waals surface area (Å²) in [6.07, 6.45) is 1.74. The lowest BCUT2D eigenvalue weighted by molar-refractivity contribution is 0.677. The lowest BCUT2D eigenvalue weighted by atomic mass is 10.1. The standard InChI is InChI=1S/C14H18N4O/c1-8-6-16-12(11(4)13(8)15)7-18-10(3)5-9(2)17-14(18)19/h5-6H,7H2,1-4H3,(H2,15,16). The largest absolute Gasteiger partial charge is 0.398 e. The molecule has 0 bridgehead atoms. The predicted molar refractivity (Wildman–Crippen MR) is 75.2 cm³/mol. The molecule has 100 valence electrons. The van der Waals surface area contributed by atoms with Gasteiger partial charge in [0, 0.05) is 23.3 Å². The molecule has 5 nitrogen and oxygen atoms in total. The van der Waals surface area contributed by atoms with Crippen LogP contribution in [0.2, 0.25) is 0 Å². The van der Waals surface area contributed by atoms with Gasteiger partial charge in [0.25, 0.3) is 0 Å². The normalized spacial score (nSPS) is 10.7. The smallest absolute Gasteiger partial charge is 0.348 e. The molecule has 0 saturated carbocycles. The Kier molecular flexibility index (Phi) is 3.38. The SMILES string of the molecule is Cc1cc(C)n(Cc2ncc(C)c(N)c2C)c(=O)n1. The fourth-order valence-electron chi connectivity index (χ4n) is 2.07. The molecule has 0 atom stereocenters. The number of pyridine rings is 1. The second kappa shape index (κ2) is 4.84. The number of nitrogen functional groups attached to an aromatic ring is 1. The minimum Gasteiger partial charge on any atom is -0.398 e. The van der Waals surface area contributed by atoms with Gasteiger partial charge < -0.3 is 5.73 Å². The molecule has 0 unspecified atom stereocenters. The number of nitrogens with zero attached hydrogens (tertiary/aromatic N) is 3. The number of nitrogens with two attached hydrogens (primary N) is 1. The average molecular weight is 258 g/mol. The van der Waals surface area contributed by atoms with Gasteiger partial charge in [0.15, 0.2) is 0 Å². The highest BCUT2D eigenvalue weighted by molar-refractivity contribution is 5.53. The first-order valence-electron chi connectivity index (χ1n) is 6.15. The molecule has 2 aromatic rings. The van der Waals surface area contributed by atoms with E-state index in [9.17, 15) is 4.79 Å². The van der Waals surface area contributed by atoms with Crippen LogP contribution < -0.4 is 11.4 Å². The molecule has 19 heavy (non-hydrogen) atoms. The van der Waals surface area contributed by atoms with E-state index < -0.39 is 0 Å². The molecule has 0 spiro atoms. The molecule has 0 saturated heterocycles. The fraction of sp³-hybridized carbons (Fsp3) is 0.357. The summed E-state index contributed by atoms with van der Waals surface area (Å²) in [5.41, 5.74) is 10.8. The molecular weight excluding hydrogens is 240 g/mol. The van der Waals surface area contributed by atoms with E-state index in [2.05, 4.69) is 9.97 Å². The molecule has 0 amide bonds. The third kappa shape index (κ3) is 2.50. The Morgan fingerprint density at radius 2 is 1.95 bits per heavy atom. The third-order valence-corrected chi connectivity index (χ3v) is 3.33. The van der Waals surface area contributed by atoms with Crippen LogP contribution in [-0.2, 0) is 6.54 Å². The lowest BCUT2D eigenvalue weighted by Crippen LogP contribution is -2.26. The van der Waals surface area contributed by atoms with Crippen molar-refractivity contribution in [2.24, 2.45) is 0 Å². The van der Waals surface area contributed by atoms with Crippen LogP contribution in [0.5, 0.6) is 0 Å². The van der Waals surface area contributed by atoms with Crippen LogP contribution in [0.1, 0.15) is 28.2 Å². The van der Waals surface area contributed by atoms with Crippen LogP contribution in [0.4, 0.5) is 5.69 Å². The molecule has 0 radical (unpaired) electrons. The van der Waals surface area contributed by atoms with Crippen molar-refractivity contribution in [3.8, 4) is 0 Å². The van der Waals surface area contributed by atoms with Gasteiger partial charge in [0.05, 0.1) is 12.2 Å². The summed E-state index contributed by atoms with van der Waals surface area (Å²) in [4.78, 5) is 20.2. The van der Waals surface area contributed by atoms with Gasteiger partial charge in [-0.1, -0.05) is 0 Å². The average Bonchev–Trinajstić information content (AvgIpc) is 2.33. The summed E-state index contributed by atoms with van der Waals surface area (Å²) in [6, 6.07) is 1.88. The molecule has 2 rings (SSSR count). The van der Waals surface area contributed by atoms with Crippen molar-refractivity contribution in [2.45, 2.75) is 34.2 Å². The molecule has 0 aliphatic rings. The monoisotopic (exact) mass is 258 g/mol. The van der Waals surface area contributed by atoms with Gasteiger partial charge in [-0.15, -0.1) is 0 Å². The first-order chi connectivity index (χ1) is 8.90. The first kappa shape index (κ1) is 13.3. The van der Waals surface area contributed by atoms with Crippen molar-refractivity contribution >= 4 is 5.69 Å². The zero-order valence-electron chi connectivity index (χ0n) is 11.7. The van der Waals surface area contributed by atoms with Crippen LogP contribution in [0.3, 0.4) is 0 Å². The van der Waals surface area contributed by atoms with Gasteiger partial charge in [-0.3, -0.25) is 9.55 Å². The van der Waals surface area contributed by atoms with Gasteiger partial charge in [-0.2, -0.15) is 4.98 Å². The molecule has 5 heteroatoms. The van der Waals surface area contributed by atoms with Crippen LogP contribution in [0, 0.1) is 27.7 Å².